The summed E-state index contributed by atoms with van der Waals surface area (Å²) >= 11 is 0. The van der Waals surface area contributed by atoms with E-state index in [0.29, 0.717) is 25.4 Å². The summed E-state index contributed by atoms with van der Waals surface area (Å²) in [5.74, 6) is 0.119. The lowest BCUT2D eigenvalue weighted by molar-refractivity contribution is -0.274. The highest BCUT2D eigenvalue weighted by Gasteiger charge is 2.31. The normalized spacial score (nSPS) is 16.0. The van der Waals surface area contributed by atoms with Crippen molar-refractivity contribution in [3.63, 3.8) is 0 Å². The minimum absolute atomic E-state index is 0.0936. The van der Waals surface area contributed by atoms with Crippen LogP contribution in [0.5, 0.6) is 11.5 Å². The van der Waals surface area contributed by atoms with Gasteiger partial charge in [-0.05, 0) is 35.9 Å². The molecule has 5 nitrogen and oxygen atoms in total. The maximum atomic E-state index is 12.1. The maximum absolute atomic E-state index is 12.1. The van der Waals surface area contributed by atoms with E-state index in [1.165, 1.54) is 30.3 Å². The summed E-state index contributed by atoms with van der Waals surface area (Å²) in [6.07, 6.45) is -3.67. The Kier molecular flexibility index (Phi) is 5.34. The molecule has 0 bridgehead atoms. The van der Waals surface area contributed by atoms with Gasteiger partial charge in [0.2, 0.25) is 0 Å². The molecule has 1 fully saturated rings. The molecule has 27 heavy (non-hydrogen) atoms. The molecule has 145 valence electrons. The topological polar surface area (TPSA) is 55.8 Å². The zero-order chi connectivity index (χ0) is 19.7. The van der Waals surface area contributed by atoms with Gasteiger partial charge in [0.15, 0.2) is 9.84 Å². The Morgan fingerprint density at radius 1 is 1.19 bits per heavy atom. The number of hydrogen-bond donors (Lipinski definition) is 0. The third-order valence-electron chi connectivity index (χ3n) is 3.96. The van der Waals surface area contributed by atoms with E-state index in [-0.39, 0.29) is 16.7 Å². The fraction of sp³-hybridized carbons (Fsp3) is 0.333. The van der Waals surface area contributed by atoms with Crippen LogP contribution in [0.2, 0.25) is 0 Å². The average Bonchev–Trinajstić information content (AvgIpc) is 2.52. The number of benzene rings is 2. The van der Waals surface area contributed by atoms with Gasteiger partial charge in [-0.15, -0.1) is 13.2 Å². The van der Waals surface area contributed by atoms with Crippen molar-refractivity contribution in [2.75, 3.05) is 19.3 Å². The van der Waals surface area contributed by atoms with E-state index in [2.05, 4.69) is 15.7 Å². The molecule has 0 aromatic heterocycles. The molecule has 1 saturated heterocycles. The third-order valence-corrected chi connectivity index (χ3v) is 5.07. The number of ether oxygens (including phenoxy) is 2. The van der Waals surface area contributed by atoms with Crippen LogP contribution in [0, 0.1) is 6.07 Å². The number of rotatable bonds is 6. The number of likely N-dealkylation sites (tertiary alicyclic amines) is 1. The highest BCUT2D eigenvalue weighted by Crippen LogP contribution is 2.25. The Bertz CT molecular complexity index is 892. The Morgan fingerprint density at radius 3 is 2.44 bits per heavy atom. The summed E-state index contributed by atoms with van der Waals surface area (Å²) in [6, 6.07) is 13.0. The first-order valence-corrected chi connectivity index (χ1v) is 9.93. The Morgan fingerprint density at radius 2 is 1.85 bits per heavy atom. The molecule has 0 atom stereocenters. The van der Waals surface area contributed by atoms with Crippen molar-refractivity contribution in [2.24, 2.45) is 0 Å². The van der Waals surface area contributed by atoms with Gasteiger partial charge < -0.3 is 9.47 Å². The number of halogens is 3. The monoisotopic (exact) mass is 400 g/mol. The molecule has 0 aliphatic carbocycles. The highest BCUT2D eigenvalue weighted by molar-refractivity contribution is 7.90. The van der Waals surface area contributed by atoms with E-state index in [9.17, 15) is 21.6 Å². The van der Waals surface area contributed by atoms with Crippen LogP contribution >= 0.6 is 0 Å². The van der Waals surface area contributed by atoms with E-state index in [1.54, 1.807) is 12.1 Å². The Labute approximate surface area is 155 Å². The minimum Gasteiger partial charge on any atom is -0.487 e. The lowest BCUT2D eigenvalue weighted by Crippen LogP contribution is -2.53. The molecule has 2 aromatic rings. The van der Waals surface area contributed by atoms with Crippen LogP contribution in [0.4, 0.5) is 13.2 Å². The number of alkyl halides is 3. The molecule has 2 aromatic carbocycles. The first kappa shape index (κ1) is 19.5. The molecular formula is C18H17F3NO4S. The van der Waals surface area contributed by atoms with E-state index in [4.69, 9.17) is 4.74 Å². The largest absolute Gasteiger partial charge is 0.573 e. The van der Waals surface area contributed by atoms with Gasteiger partial charge in [0.25, 0.3) is 0 Å². The van der Waals surface area contributed by atoms with Crippen LogP contribution < -0.4 is 9.47 Å². The average molecular weight is 400 g/mol. The van der Waals surface area contributed by atoms with E-state index in [0.717, 1.165) is 11.8 Å². The molecule has 0 saturated carbocycles. The standard InChI is InChI=1S/C18H17F3NO4S/c1-27(23,24)17-4-2-3-15(9-17)25-16-11-22(12-16)10-13-5-7-14(8-6-13)26-18(19,20)21/h2,4-9,16H,10-12H2,1H3. The van der Waals surface area contributed by atoms with Crippen molar-refractivity contribution >= 4 is 9.84 Å². The van der Waals surface area contributed by atoms with Gasteiger partial charge in [-0.2, -0.15) is 0 Å². The van der Waals surface area contributed by atoms with Gasteiger partial charge >= 0.3 is 6.36 Å². The summed E-state index contributed by atoms with van der Waals surface area (Å²) in [4.78, 5) is 2.23. The lowest BCUT2D eigenvalue weighted by atomic mass is 10.1. The molecule has 1 radical (unpaired) electrons. The molecule has 3 rings (SSSR count). The highest BCUT2D eigenvalue weighted by atomic mass is 32.2. The molecule has 0 spiro atoms. The first-order valence-electron chi connectivity index (χ1n) is 8.04. The van der Waals surface area contributed by atoms with Gasteiger partial charge in [-0.25, -0.2) is 8.42 Å². The lowest BCUT2D eigenvalue weighted by Gasteiger charge is -2.39. The van der Waals surface area contributed by atoms with Gasteiger partial charge in [-0.3, -0.25) is 4.90 Å². The Balaban J connectivity index is 1.49. The fourth-order valence-corrected chi connectivity index (χ4v) is 3.32. The number of hydrogen-bond acceptors (Lipinski definition) is 5. The van der Waals surface area contributed by atoms with Crippen LogP contribution in [0.15, 0.2) is 47.4 Å². The predicted molar refractivity (Wildman–Crippen MR) is 91.2 cm³/mol. The third kappa shape index (κ3) is 5.61. The van der Waals surface area contributed by atoms with Crippen LogP contribution in [-0.4, -0.2) is 45.1 Å². The van der Waals surface area contributed by atoms with Crippen molar-refractivity contribution in [3.8, 4) is 11.5 Å². The second-order valence-electron chi connectivity index (χ2n) is 6.29. The number of sulfone groups is 1. The zero-order valence-corrected chi connectivity index (χ0v) is 15.2. The van der Waals surface area contributed by atoms with Gasteiger partial charge in [0, 0.05) is 32.0 Å². The zero-order valence-electron chi connectivity index (χ0n) is 14.4. The predicted octanol–water partition coefficient (Wildman–Crippen LogP) is 3.05. The van der Waals surface area contributed by atoms with E-state index >= 15 is 0 Å². The molecule has 0 unspecified atom stereocenters. The molecule has 0 N–H and O–H groups in total. The summed E-state index contributed by atoms with van der Waals surface area (Å²) in [7, 11) is -3.31. The number of nitrogens with zero attached hydrogens (tertiary/aromatic N) is 1. The molecular weight excluding hydrogens is 383 g/mol. The van der Waals surface area contributed by atoms with Gasteiger partial charge in [0.05, 0.1) is 4.90 Å². The summed E-state index contributed by atoms with van der Waals surface area (Å²) < 4.78 is 69.1. The molecule has 1 heterocycles. The first-order chi connectivity index (χ1) is 12.6. The van der Waals surface area contributed by atoms with Crippen molar-refractivity contribution in [1.29, 1.82) is 0 Å². The summed E-state index contributed by atoms with van der Waals surface area (Å²) in [6.45, 7) is 1.81. The minimum atomic E-state index is -4.70. The molecule has 1 aliphatic heterocycles. The van der Waals surface area contributed by atoms with Crippen molar-refractivity contribution in [3.05, 3.63) is 54.1 Å². The van der Waals surface area contributed by atoms with E-state index in [1.807, 2.05) is 0 Å². The molecule has 1 aliphatic rings. The summed E-state index contributed by atoms with van der Waals surface area (Å²) in [5.41, 5.74) is 0.855. The van der Waals surface area contributed by atoms with Crippen LogP contribution in [-0.2, 0) is 16.4 Å². The van der Waals surface area contributed by atoms with Gasteiger partial charge in [0.1, 0.15) is 17.6 Å². The van der Waals surface area contributed by atoms with Crippen molar-refractivity contribution in [2.45, 2.75) is 23.9 Å². The van der Waals surface area contributed by atoms with Crippen LogP contribution in [0.1, 0.15) is 5.56 Å². The molecule has 9 heteroatoms. The van der Waals surface area contributed by atoms with Crippen molar-refractivity contribution < 1.29 is 31.1 Å². The molecule has 0 amide bonds. The SMILES string of the molecule is CS(=O)(=O)c1cc[c]c(OC2CN(Cc3ccc(OC(F)(F)F)cc3)C2)c1. The maximum Gasteiger partial charge on any atom is 0.573 e. The second-order valence-corrected chi connectivity index (χ2v) is 8.30. The second kappa shape index (κ2) is 7.40. The van der Waals surface area contributed by atoms with Gasteiger partial charge in [-0.1, -0.05) is 12.1 Å². The van der Waals surface area contributed by atoms with Crippen LogP contribution in [0.3, 0.4) is 0 Å². The smallest absolute Gasteiger partial charge is 0.487 e. The van der Waals surface area contributed by atoms with Crippen molar-refractivity contribution in [1.82, 2.24) is 4.90 Å². The quantitative estimate of drug-likeness (QED) is 0.746. The summed E-state index contributed by atoms with van der Waals surface area (Å²) in [5, 5.41) is 0. The van der Waals surface area contributed by atoms with Crippen LogP contribution in [0.25, 0.3) is 0 Å². The fourth-order valence-electron chi connectivity index (χ4n) is 2.68. The Hall–Kier alpha value is -2.26. The van der Waals surface area contributed by atoms with E-state index < -0.39 is 16.2 Å².